The normalized spacial score (nSPS) is 20.9. The molecule has 1 aromatic heterocycles. The molecule has 2 heterocycles. The van der Waals surface area contributed by atoms with Gasteiger partial charge in [-0.05, 0) is 32.1 Å². The summed E-state index contributed by atoms with van der Waals surface area (Å²) in [6.45, 7) is 2.97. The van der Waals surface area contributed by atoms with Gasteiger partial charge in [-0.2, -0.15) is 5.10 Å². The molecule has 0 saturated carbocycles. The fraction of sp³-hybridized carbons (Fsp3) is 0.786. The van der Waals surface area contributed by atoms with Crippen LogP contribution in [0.5, 0.6) is 0 Å². The van der Waals surface area contributed by atoms with Gasteiger partial charge in [0.05, 0.1) is 22.5 Å². The summed E-state index contributed by atoms with van der Waals surface area (Å²) in [6.07, 6.45) is 6.46. The van der Waals surface area contributed by atoms with Crippen LogP contribution in [0.4, 0.5) is 0 Å². The van der Waals surface area contributed by atoms with Gasteiger partial charge in [-0.3, -0.25) is 4.68 Å². The highest BCUT2D eigenvalue weighted by Gasteiger charge is 2.19. The molecule has 1 aliphatic heterocycles. The maximum atomic E-state index is 6.34. The Labute approximate surface area is 120 Å². The molecule has 0 bridgehead atoms. The molecular weight excluding hydrogens is 262 g/mol. The lowest BCUT2D eigenvalue weighted by Gasteiger charge is -2.15. The summed E-state index contributed by atoms with van der Waals surface area (Å²) < 4.78 is 7.49. The summed E-state index contributed by atoms with van der Waals surface area (Å²) in [5.74, 6) is 0. The van der Waals surface area contributed by atoms with Gasteiger partial charge in [0, 0.05) is 26.1 Å². The molecule has 2 N–H and O–H groups in total. The van der Waals surface area contributed by atoms with Gasteiger partial charge < -0.3 is 10.5 Å². The van der Waals surface area contributed by atoms with Crippen molar-refractivity contribution in [2.24, 2.45) is 12.8 Å². The second-order valence-electron chi connectivity index (χ2n) is 5.36. The van der Waals surface area contributed by atoms with E-state index >= 15 is 0 Å². The Hall–Kier alpha value is -0.580. The molecule has 1 aromatic rings. The Morgan fingerprint density at radius 1 is 1.58 bits per heavy atom. The fourth-order valence-electron chi connectivity index (χ4n) is 2.66. The Morgan fingerprint density at radius 2 is 2.37 bits per heavy atom. The van der Waals surface area contributed by atoms with E-state index < -0.39 is 0 Å². The van der Waals surface area contributed by atoms with Gasteiger partial charge in [-0.1, -0.05) is 18.5 Å². The van der Waals surface area contributed by atoms with Crippen molar-refractivity contribution >= 4 is 11.6 Å². The van der Waals surface area contributed by atoms with Crippen molar-refractivity contribution in [2.75, 3.05) is 6.61 Å². The van der Waals surface area contributed by atoms with Crippen LogP contribution in [0.25, 0.3) is 0 Å². The van der Waals surface area contributed by atoms with Gasteiger partial charge in [0.15, 0.2) is 0 Å². The van der Waals surface area contributed by atoms with E-state index in [1.54, 1.807) is 0 Å². The van der Waals surface area contributed by atoms with Crippen molar-refractivity contribution in [1.29, 1.82) is 0 Å². The van der Waals surface area contributed by atoms with Gasteiger partial charge in [-0.15, -0.1) is 0 Å². The first-order valence-electron chi connectivity index (χ1n) is 7.19. The van der Waals surface area contributed by atoms with Crippen molar-refractivity contribution < 1.29 is 4.74 Å². The average Bonchev–Trinajstić information content (AvgIpc) is 2.99. The lowest BCUT2D eigenvalue weighted by atomic mass is 10.0. The first kappa shape index (κ1) is 14.8. The first-order chi connectivity index (χ1) is 9.11. The number of aromatic nitrogens is 2. The molecule has 1 saturated heterocycles. The number of halogens is 1. The van der Waals surface area contributed by atoms with Crippen molar-refractivity contribution in [3.63, 3.8) is 0 Å². The molecule has 0 radical (unpaired) electrons. The van der Waals surface area contributed by atoms with Crippen LogP contribution in [0.3, 0.4) is 0 Å². The Morgan fingerprint density at radius 3 is 2.95 bits per heavy atom. The maximum absolute atomic E-state index is 6.34. The number of nitrogens with zero attached hydrogens (tertiary/aromatic N) is 2. The van der Waals surface area contributed by atoms with E-state index in [1.165, 1.54) is 12.8 Å². The van der Waals surface area contributed by atoms with E-state index in [0.29, 0.717) is 6.10 Å². The molecule has 108 valence electrons. The van der Waals surface area contributed by atoms with Crippen LogP contribution in [-0.2, 0) is 24.6 Å². The highest BCUT2D eigenvalue weighted by Crippen LogP contribution is 2.23. The molecule has 19 heavy (non-hydrogen) atoms. The van der Waals surface area contributed by atoms with Crippen LogP contribution in [0, 0.1) is 0 Å². The quantitative estimate of drug-likeness (QED) is 0.873. The lowest BCUT2D eigenvalue weighted by molar-refractivity contribution is 0.101. The first-order valence-corrected chi connectivity index (χ1v) is 7.57. The molecule has 5 heteroatoms. The number of hydrogen-bond acceptors (Lipinski definition) is 3. The third-order valence-electron chi connectivity index (χ3n) is 3.84. The van der Waals surface area contributed by atoms with E-state index in [9.17, 15) is 0 Å². The number of ether oxygens (including phenoxy) is 1. The second kappa shape index (κ2) is 6.73. The van der Waals surface area contributed by atoms with Crippen LogP contribution < -0.4 is 5.73 Å². The zero-order chi connectivity index (χ0) is 13.8. The number of aryl methyl sites for hydroxylation is 2. The standard InChI is InChI=1S/C14H24ClN3O/c1-3-12-14(15)13(18(2)17-12)9-10(16)6-7-11-5-4-8-19-11/h10-11H,3-9,16H2,1-2H3. The summed E-state index contributed by atoms with van der Waals surface area (Å²) in [4.78, 5) is 0. The van der Waals surface area contributed by atoms with E-state index in [2.05, 4.69) is 12.0 Å². The van der Waals surface area contributed by atoms with Gasteiger partial charge in [-0.25, -0.2) is 0 Å². The minimum atomic E-state index is 0.127. The maximum Gasteiger partial charge on any atom is 0.0850 e. The van der Waals surface area contributed by atoms with E-state index in [-0.39, 0.29) is 6.04 Å². The molecule has 0 amide bonds. The van der Waals surface area contributed by atoms with Crippen molar-refractivity contribution in [3.8, 4) is 0 Å². The molecule has 0 aromatic carbocycles. The SMILES string of the molecule is CCc1nn(C)c(CC(N)CCC2CCCO2)c1Cl. The van der Waals surface area contributed by atoms with Crippen LogP contribution in [-0.4, -0.2) is 28.5 Å². The predicted octanol–water partition coefficient (Wildman–Crippen LogP) is 2.46. The fourth-order valence-corrected chi connectivity index (χ4v) is 3.03. The van der Waals surface area contributed by atoms with Gasteiger partial charge in [0.2, 0.25) is 0 Å². The molecule has 4 nitrogen and oxygen atoms in total. The summed E-state index contributed by atoms with van der Waals surface area (Å²) >= 11 is 6.34. The molecule has 2 atom stereocenters. The summed E-state index contributed by atoms with van der Waals surface area (Å²) in [6, 6.07) is 0.127. The van der Waals surface area contributed by atoms with E-state index in [4.69, 9.17) is 22.1 Å². The monoisotopic (exact) mass is 285 g/mol. The molecule has 1 fully saturated rings. The highest BCUT2D eigenvalue weighted by atomic mass is 35.5. The molecular formula is C14H24ClN3O. The second-order valence-corrected chi connectivity index (χ2v) is 5.74. The van der Waals surface area contributed by atoms with Crippen molar-refractivity contribution in [2.45, 2.75) is 57.6 Å². The summed E-state index contributed by atoms with van der Waals surface area (Å²) in [5.41, 5.74) is 8.23. The highest BCUT2D eigenvalue weighted by molar-refractivity contribution is 6.31. The molecule has 0 spiro atoms. The van der Waals surface area contributed by atoms with Crippen molar-refractivity contribution in [3.05, 3.63) is 16.4 Å². The number of hydrogen-bond donors (Lipinski definition) is 1. The third kappa shape index (κ3) is 3.71. The Balaban J connectivity index is 1.87. The van der Waals surface area contributed by atoms with E-state index in [1.807, 2.05) is 11.7 Å². The van der Waals surface area contributed by atoms with Crippen LogP contribution in [0.15, 0.2) is 0 Å². The Bertz CT molecular complexity index is 413. The van der Waals surface area contributed by atoms with Gasteiger partial charge >= 0.3 is 0 Å². The van der Waals surface area contributed by atoms with Gasteiger partial charge in [0.25, 0.3) is 0 Å². The number of rotatable bonds is 6. The topological polar surface area (TPSA) is 53.1 Å². The smallest absolute Gasteiger partial charge is 0.0850 e. The largest absolute Gasteiger partial charge is 0.378 e. The molecule has 1 aliphatic rings. The summed E-state index contributed by atoms with van der Waals surface area (Å²) in [5, 5.41) is 5.21. The van der Waals surface area contributed by atoms with Gasteiger partial charge in [0.1, 0.15) is 0 Å². The third-order valence-corrected chi connectivity index (χ3v) is 4.28. The minimum Gasteiger partial charge on any atom is -0.378 e. The summed E-state index contributed by atoms with van der Waals surface area (Å²) in [7, 11) is 1.94. The minimum absolute atomic E-state index is 0.127. The Kier molecular flexibility index (Phi) is 5.25. The molecule has 0 aliphatic carbocycles. The van der Waals surface area contributed by atoms with Crippen molar-refractivity contribution in [1.82, 2.24) is 9.78 Å². The van der Waals surface area contributed by atoms with Crippen LogP contribution in [0.1, 0.15) is 44.0 Å². The van der Waals surface area contributed by atoms with Crippen LogP contribution >= 0.6 is 11.6 Å². The molecule has 2 rings (SSSR count). The lowest BCUT2D eigenvalue weighted by Crippen LogP contribution is -2.25. The zero-order valence-electron chi connectivity index (χ0n) is 11.9. The average molecular weight is 286 g/mol. The zero-order valence-corrected chi connectivity index (χ0v) is 12.6. The number of nitrogens with two attached hydrogens (primary N) is 1. The predicted molar refractivity (Wildman–Crippen MR) is 77.5 cm³/mol. The van der Waals surface area contributed by atoms with E-state index in [0.717, 1.165) is 48.7 Å². The molecule has 2 unspecified atom stereocenters. The van der Waals surface area contributed by atoms with Crippen LogP contribution in [0.2, 0.25) is 5.02 Å².